The van der Waals surface area contributed by atoms with Gasteiger partial charge in [0, 0.05) is 19.3 Å². The Morgan fingerprint density at radius 1 is 1.50 bits per heavy atom. The van der Waals surface area contributed by atoms with E-state index < -0.39 is 27.9 Å². The lowest BCUT2D eigenvalue weighted by Gasteiger charge is -2.38. The molecule has 92 valence electrons. The zero-order chi connectivity index (χ0) is 12.0. The minimum Gasteiger partial charge on any atom is -0.384 e. The zero-order valence-electron chi connectivity index (χ0n) is 8.88. The van der Waals surface area contributed by atoms with Crippen LogP contribution >= 0.6 is 0 Å². The van der Waals surface area contributed by atoms with Crippen molar-refractivity contribution in [2.45, 2.75) is 37.1 Å². The maximum absolute atomic E-state index is 11.4. The van der Waals surface area contributed by atoms with Crippen molar-refractivity contribution in [3.63, 3.8) is 0 Å². The van der Waals surface area contributed by atoms with E-state index in [1.165, 1.54) is 0 Å². The molecule has 1 aliphatic carbocycles. The fourth-order valence-corrected chi connectivity index (χ4v) is 2.93. The van der Waals surface area contributed by atoms with Gasteiger partial charge < -0.3 is 9.84 Å². The standard InChI is InChI=1S/C9H14O6S/c1-16(12,13)15-8-5-6(10)4-7-9(8,11)2-3-14-7/h7-8,11H,2-5H2,1H3/t7-,8+,9+/m0/s1. The van der Waals surface area contributed by atoms with Crippen LogP contribution < -0.4 is 0 Å². The van der Waals surface area contributed by atoms with E-state index in [1.54, 1.807) is 0 Å². The number of aliphatic hydroxyl groups is 1. The van der Waals surface area contributed by atoms with Gasteiger partial charge in [0.2, 0.25) is 0 Å². The Bertz CT molecular complexity index is 402. The van der Waals surface area contributed by atoms with Crippen molar-refractivity contribution in [2.75, 3.05) is 12.9 Å². The molecule has 0 bridgehead atoms. The number of hydrogen-bond acceptors (Lipinski definition) is 6. The maximum atomic E-state index is 11.4. The van der Waals surface area contributed by atoms with Crippen LogP contribution in [-0.4, -0.2) is 50.0 Å². The molecule has 6 nitrogen and oxygen atoms in total. The Labute approximate surface area is 93.7 Å². The lowest BCUT2D eigenvalue weighted by atomic mass is 9.79. The summed E-state index contributed by atoms with van der Waals surface area (Å²) in [7, 11) is -3.69. The van der Waals surface area contributed by atoms with Crippen LogP contribution in [0.2, 0.25) is 0 Å². The largest absolute Gasteiger partial charge is 0.384 e. The maximum Gasteiger partial charge on any atom is 0.264 e. The highest BCUT2D eigenvalue weighted by Crippen LogP contribution is 2.39. The first-order valence-corrected chi connectivity index (χ1v) is 6.87. The van der Waals surface area contributed by atoms with E-state index in [-0.39, 0.29) is 18.6 Å². The second kappa shape index (κ2) is 3.76. The van der Waals surface area contributed by atoms with Gasteiger partial charge in [-0.05, 0) is 0 Å². The highest BCUT2D eigenvalue weighted by Gasteiger charge is 2.54. The second-order valence-corrected chi connectivity index (χ2v) is 5.94. The van der Waals surface area contributed by atoms with Gasteiger partial charge in [-0.2, -0.15) is 8.42 Å². The van der Waals surface area contributed by atoms with Gasteiger partial charge in [-0.3, -0.25) is 8.98 Å². The molecule has 0 amide bonds. The molecule has 3 atom stereocenters. The summed E-state index contributed by atoms with van der Waals surface area (Å²) in [5, 5.41) is 10.3. The number of rotatable bonds is 2. The Morgan fingerprint density at radius 3 is 2.81 bits per heavy atom. The molecule has 0 radical (unpaired) electrons. The predicted molar refractivity (Wildman–Crippen MR) is 53.3 cm³/mol. The van der Waals surface area contributed by atoms with Crippen LogP contribution in [0.1, 0.15) is 19.3 Å². The van der Waals surface area contributed by atoms with Crippen molar-refractivity contribution in [1.29, 1.82) is 0 Å². The molecule has 1 N–H and O–H groups in total. The molecule has 1 heterocycles. The van der Waals surface area contributed by atoms with Crippen molar-refractivity contribution in [3.8, 4) is 0 Å². The number of ether oxygens (including phenoxy) is 1. The first-order valence-electron chi connectivity index (χ1n) is 5.05. The number of fused-ring (bicyclic) bond motifs is 1. The smallest absolute Gasteiger partial charge is 0.264 e. The molecule has 0 aromatic heterocycles. The van der Waals surface area contributed by atoms with E-state index in [0.717, 1.165) is 6.26 Å². The van der Waals surface area contributed by atoms with Crippen LogP contribution in [0.3, 0.4) is 0 Å². The average Bonchev–Trinajstić information content (AvgIpc) is 2.45. The van der Waals surface area contributed by atoms with Gasteiger partial charge >= 0.3 is 0 Å². The Balaban J connectivity index is 2.24. The summed E-state index contributed by atoms with van der Waals surface area (Å²) in [6.07, 6.45) is -0.411. The first-order chi connectivity index (χ1) is 7.31. The Hall–Kier alpha value is -0.500. The number of carbonyl (C=O) groups excluding carboxylic acids is 1. The number of ketones is 1. The molecule has 0 aromatic rings. The Kier molecular flexibility index (Phi) is 2.82. The molecule has 2 fully saturated rings. The first kappa shape index (κ1) is 12.0. The van der Waals surface area contributed by atoms with Gasteiger partial charge in [0.05, 0.1) is 19.0 Å². The number of hydrogen-bond donors (Lipinski definition) is 1. The van der Waals surface area contributed by atoms with Crippen LogP contribution in [0.5, 0.6) is 0 Å². The van der Waals surface area contributed by atoms with E-state index in [9.17, 15) is 18.3 Å². The van der Waals surface area contributed by atoms with Crippen molar-refractivity contribution < 1.29 is 27.2 Å². The van der Waals surface area contributed by atoms with Gasteiger partial charge in [0.25, 0.3) is 10.1 Å². The number of Topliss-reactive ketones (excluding diaryl/α,β-unsaturated/α-hetero) is 1. The molecule has 1 saturated carbocycles. The lowest BCUT2D eigenvalue weighted by Crippen LogP contribution is -2.55. The van der Waals surface area contributed by atoms with Crippen molar-refractivity contribution in [3.05, 3.63) is 0 Å². The van der Waals surface area contributed by atoms with E-state index in [2.05, 4.69) is 0 Å². The van der Waals surface area contributed by atoms with Crippen molar-refractivity contribution >= 4 is 15.9 Å². The van der Waals surface area contributed by atoms with Crippen LogP contribution in [0.15, 0.2) is 0 Å². The molecule has 1 aliphatic heterocycles. The SMILES string of the molecule is CS(=O)(=O)O[C@@H]1CC(=O)C[C@@H]2OCC[C@@]21O. The molecule has 0 spiro atoms. The highest BCUT2D eigenvalue weighted by atomic mass is 32.2. The topological polar surface area (TPSA) is 89.9 Å². The average molecular weight is 250 g/mol. The molecule has 16 heavy (non-hydrogen) atoms. The third kappa shape index (κ3) is 2.13. The van der Waals surface area contributed by atoms with Gasteiger partial charge in [-0.1, -0.05) is 0 Å². The number of carbonyl (C=O) groups is 1. The normalized spacial score (nSPS) is 39.8. The summed E-state index contributed by atoms with van der Waals surface area (Å²) in [6.45, 7) is 0.318. The molecule has 0 unspecified atom stereocenters. The summed E-state index contributed by atoms with van der Waals surface area (Å²) in [4.78, 5) is 11.4. The van der Waals surface area contributed by atoms with E-state index in [1.807, 2.05) is 0 Å². The van der Waals surface area contributed by atoms with Gasteiger partial charge in [-0.15, -0.1) is 0 Å². The monoisotopic (exact) mass is 250 g/mol. The van der Waals surface area contributed by atoms with Crippen LogP contribution in [-0.2, 0) is 23.8 Å². The van der Waals surface area contributed by atoms with E-state index >= 15 is 0 Å². The Morgan fingerprint density at radius 2 is 2.19 bits per heavy atom. The van der Waals surface area contributed by atoms with Gasteiger partial charge in [0.15, 0.2) is 0 Å². The molecular weight excluding hydrogens is 236 g/mol. The van der Waals surface area contributed by atoms with Gasteiger partial charge in [0.1, 0.15) is 17.5 Å². The van der Waals surface area contributed by atoms with Crippen LogP contribution in [0.25, 0.3) is 0 Å². The second-order valence-electron chi connectivity index (χ2n) is 4.34. The third-order valence-corrected chi connectivity index (χ3v) is 3.64. The summed E-state index contributed by atoms with van der Waals surface area (Å²) < 4.78 is 32.1. The van der Waals surface area contributed by atoms with Crippen molar-refractivity contribution in [2.24, 2.45) is 0 Å². The quantitative estimate of drug-likeness (QED) is 0.646. The summed E-state index contributed by atoms with van der Waals surface area (Å²) in [5.74, 6) is -0.148. The van der Waals surface area contributed by atoms with E-state index in [4.69, 9.17) is 8.92 Å². The molecule has 1 saturated heterocycles. The molecule has 2 rings (SSSR count). The summed E-state index contributed by atoms with van der Waals surface area (Å²) >= 11 is 0. The molecule has 2 aliphatic rings. The minimum atomic E-state index is -3.69. The minimum absolute atomic E-state index is 0.0799. The highest BCUT2D eigenvalue weighted by molar-refractivity contribution is 7.86. The van der Waals surface area contributed by atoms with Crippen LogP contribution in [0.4, 0.5) is 0 Å². The molecule has 7 heteroatoms. The molecule has 0 aromatic carbocycles. The summed E-state index contributed by atoms with van der Waals surface area (Å²) in [5.41, 5.74) is -1.35. The van der Waals surface area contributed by atoms with Gasteiger partial charge in [-0.25, -0.2) is 0 Å². The molecular formula is C9H14O6S. The predicted octanol–water partition coefficient (Wildman–Crippen LogP) is -0.786. The zero-order valence-corrected chi connectivity index (χ0v) is 9.70. The lowest BCUT2D eigenvalue weighted by molar-refractivity contribution is -0.151. The summed E-state index contributed by atoms with van der Waals surface area (Å²) in [6, 6.07) is 0. The van der Waals surface area contributed by atoms with Crippen LogP contribution in [0, 0.1) is 0 Å². The fourth-order valence-electron chi connectivity index (χ4n) is 2.28. The third-order valence-electron chi connectivity index (χ3n) is 3.05. The van der Waals surface area contributed by atoms with E-state index in [0.29, 0.717) is 13.0 Å². The van der Waals surface area contributed by atoms with Crippen molar-refractivity contribution in [1.82, 2.24) is 0 Å². The fraction of sp³-hybridized carbons (Fsp3) is 0.889.